The maximum atomic E-state index is 9.35. The average molecular weight is 256 g/mol. The molecule has 0 amide bonds. The van der Waals surface area contributed by atoms with E-state index >= 15 is 0 Å². The maximum Gasteiger partial charge on any atom is 0.151 e. The van der Waals surface area contributed by atoms with Crippen molar-refractivity contribution < 1.29 is 5.11 Å². The van der Waals surface area contributed by atoms with E-state index in [9.17, 15) is 5.11 Å². The molecule has 0 spiro atoms. The molecule has 4 N–H and O–H groups in total. The Morgan fingerprint density at radius 2 is 2.18 bits per heavy atom. The van der Waals surface area contributed by atoms with E-state index in [1.807, 2.05) is 0 Å². The Kier molecular flexibility index (Phi) is 4.07. The summed E-state index contributed by atoms with van der Waals surface area (Å²) in [5, 5.41) is 13.1. The first-order valence-electron chi connectivity index (χ1n) is 6.00. The van der Waals surface area contributed by atoms with Gasteiger partial charge >= 0.3 is 0 Å². The second kappa shape index (κ2) is 5.56. The van der Waals surface area contributed by atoms with E-state index in [2.05, 4.69) is 10.3 Å². The second-order valence-corrected chi connectivity index (χ2v) is 4.94. The number of aromatic nitrogens is 1. The Morgan fingerprint density at radius 1 is 1.41 bits per heavy atom. The van der Waals surface area contributed by atoms with E-state index in [0.717, 1.165) is 12.8 Å². The van der Waals surface area contributed by atoms with Gasteiger partial charge in [-0.2, -0.15) is 0 Å². The van der Waals surface area contributed by atoms with Crippen LogP contribution < -0.4 is 11.1 Å². The van der Waals surface area contributed by atoms with Crippen molar-refractivity contribution in [2.24, 2.45) is 5.92 Å². The summed E-state index contributed by atoms with van der Waals surface area (Å²) < 4.78 is 0. The Balaban J connectivity index is 2.10. The van der Waals surface area contributed by atoms with Crippen molar-refractivity contribution in [2.45, 2.75) is 31.7 Å². The van der Waals surface area contributed by atoms with Crippen LogP contribution in [0.3, 0.4) is 0 Å². The van der Waals surface area contributed by atoms with Gasteiger partial charge in [0.2, 0.25) is 0 Å². The smallest absolute Gasteiger partial charge is 0.151 e. The molecule has 5 heteroatoms. The molecule has 2 rings (SSSR count). The summed E-state index contributed by atoms with van der Waals surface area (Å²) in [5.74, 6) is 0.909. The molecular weight excluding hydrogens is 238 g/mol. The van der Waals surface area contributed by atoms with Crippen molar-refractivity contribution in [1.29, 1.82) is 0 Å². The van der Waals surface area contributed by atoms with E-state index < -0.39 is 0 Å². The van der Waals surface area contributed by atoms with Gasteiger partial charge in [0.15, 0.2) is 5.82 Å². The fourth-order valence-electron chi connectivity index (χ4n) is 2.35. The summed E-state index contributed by atoms with van der Waals surface area (Å²) in [6.07, 6.45) is 4.45. The average Bonchev–Trinajstić information content (AvgIpc) is 2.34. The molecule has 1 aliphatic carbocycles. The highest BCUT2D eigenvalue weighted by Crippen LogP contribution is 2.28. The molecule has 17 heavy (non-hydrogen) atoms. The molecule has 0 saturated heterocycles. The minimum absolute atomic E-state index is 0.206. The fraction of sp³-hybridized carbons (Fsp3) is 0.583. The zero-order valence-electron chi connectivity index (χ0n) is 9.69. The first-order valence-corrected chi connectivity index (χ1v) is 6.38. The van der Waals surface area contributed by atoms with Crippen LogP contribution in [0, 0.1) is 5.92 Å². The number of aliphatic hydroxyl groups is 1. The minimum atomic E-state index is 0.206. The second-order valence-electron chi connectivity index (χ2n) is 4.55. The number of nitrogens with one attached hydrogen (secondary N) is 1. The van der Waals surface area contributed by atoms with Gasteiger partial charge in [-0.3, -0.25) is 0 Å². The summed E-state index contributed by atoms with van der Waals surface area (Å²) in [7, 11) is 0. The van der Waals surface area contributed by atoms with Crippen LogP contribution in [0.15, 0.2) is 12.1 Å². The van der Waals surface area contributed by atoms with Gasteiger partial charge in [0, 0.05) is 18.6 Å². The lowest BCUT2D eigenvalue weighted by Gasteiger charge is -2.31. The van der Waals surface area contributed by atoms with Gasteiger partial charge in [0.25, 0.3) is 0 Å². The number of nitrogens with zero attached hydrogens (tertiary/aromatic N) is 1. The molecule has 1 aromatic heterocycles. The molecule has 1 fully saturated rings. The quantitative estimate of drug-likeness (QED) is 0.725. The molecule has 2 unspecified atom stereocenters. The fourth-order valence-corrected chi connectivity index (χ4v) is 2.50. The molecular formula is C12H18ClN3O. The van der Waals surface area contributed by atoms with Crippen molar-refractivity contribution in [2.75, 3.05) is 17.7 Å². The van der Waals surface area contributed by atoms with Gasteiger partial charge in [0.1, 0.15) is 5.15 Å². The summed E-state index contributed by atoms with van der Waals surface area (Å²) in [6.45, 7) is 0.206. The van der Waals surface area contributed by atoms with Gasteiger partial charge in [-0.25, -0.2) is 4.98 Å². The van der Waals surface area contributed by atoms with E-state index in [1.165, 1.54) is 12.8 Å². The molecule has 0 bridgehead atoms. The number of hydrogen-bond acceptors (Lipinski definition) is 4. The lowest BCUT2D eigenvalue weighted by Crippen LogP contribution is -2.34. The van der Waals surface area contributed by atoms with Gasteiger partial charge in [-0.05, 0) is 25.0 Å². The number of hydrogen-bond donors (Lipinski definition) is 3. The Morgan fingerprint density at radius 3 is 2.94 bits per heavy atom. The molecule has 0 radical (unpaired) electrons. The van der Waals surface area contributed by atoms with E-state index in [-0.39, 0.29) is 18.6 Å². The van der Waals surface area contributed by atoms with Crippen LogP contribution in [0.1, 0.15) is 25.7 Å². The van der Waals surface area contributed by atoms with Crippen molar-refractivity contribution in [1.82, 2.24) is 4.98 Å². The van der Waals surface area contributed by atoms with Crippen molar-refractivity contribution in [3.63, 3.8) is 0 Å². The topological polar surface area (TPSA) is 71.2 Å². The van der Waals surface area contributed by atoms with Crippen molar-refractivity contribution in [3.05, 3.63) is 17.3 Å². The van der Waals surface area contributed by atoms with E-state index in [4.69, 9.17) is 17.3 Å². The molecule has 94 valence electrons. The van der Waals surface area contributed by atoms with Crippen LogP contribution in [0.4, 0.5) is 11.5 Å². The Hall–Kier alpha value is -1.00. The molecule has 0 aromatic carbocycles. The highest BCUT2D eigenvalue weighted by atomic mass is 35.5. The molecule has 1 aliphatic rings. The van der Waals surface area contributed by atoms with Crippen LogP contribution in [0.5, 0.6) is 0 Å². The van der Waals surface area contributed by atoms with Gasteiger partial charge in [0.05, 0.1) is 5.69 Å². The maximum absolute atomic E-state index is 9.35. The van der Waals surface area contributed by atoms with Crippen LogP contribution in [0.25, 0.3) is 0 Å². The molecule has 4 nitrogen and oxygen atoms in total. The van der Waals surface area contributed by atoms with Gasteiger partial charge in [-0.1, -0.05) is 24.4 Å². The van der Waals surface area contributed by atoms with Gasteiger partial charge in [-0.15, -0.1) is 0 Å². The number of pyridine rings is 1. The summed E-state index contributed by atoms with van der Waals surface area (Å²) >= 11 is 5.85. The lowest BCUT2D eigenvalue weighted by atomic mass is 9.85. The summed E-state index contributed by atoms with van der Waals surface area (Å²) in [6, 6.07) is 3.66. The zero-order chi connectivity index (χ0) is 12.3. The van der Waals surface area contributed by atoms with Crippen molar-refractivity contribution in [3.8, 4) is 0 Å². The number of nitrogen functional groups attached to an aromatic ring is 1. The minimum Gasteiger partial charge on any atom is -0.396 e. The first kappa shape index (κ1) is 12.5. The van der Waals surface area contributed by atoms with E-state index in [1.54, 1.807) is 12.1 Å². The van der Waals surface area contributed by atoms with Crippen LogP contribution >= 0.6 is 11.6 Å². The number of anilines is 2. The largest absolute Gasteiger partial charge is 0.396 e. The molecule has 1 aromatic rings. The summed E-state index contributed by atoms with van der Waals surface area (Å²) in [4.78, 5) is 4.18. The van der Waals surface area contributed by atoms with Crippen LogP contribution in [0.2, 0.25) is 5.15 Å². The first-order chi connectivity index (χ1) is 8.20. The molecule has 1 heterocycles. The number of nitrogens with two attached hydrogens (primary N) is 1. The normalized spacial score (nSPS) is 24.6. The third-order valence-electron chi connectivity index (χ3n) is 3.36. The highest BCUT2D eigenvalue weighted by Gasteiger charge is 2.25. The lowest BCUT2D eigenvalue weighted by molar-refractivity contribution is 0.178. The number of aliphatic hydroxyl groups excluding tert-OH is 1. The zero-order valence-corrected chi connectivity index (χ0v) is 10.5. The number of rotatable bonds is 3. The third-order valence-corrected chi connectivity index (χ3v) is 3.57. The molecule has 1 saturated carbocycles. The highest BCUT2D eigenvalue weighted by molar-refractivity contribution is 6.29. The Bertz CT molecular complexity index is 386. The standard InChI is InChI=1S/C12H18ClN3O/c13-11-6-5-9(14)12(16-11)15-10-4-2-1-3-8(10)7-17/h5-6,8,10,17H,1-4,7,14H2,(H,15,16). The van der Waals surface area contributed by atoms with Gasteiger partial charge < -0.3 is 16.2 Å². The van der Waals surface area contributed by atoms with Crippen molar-refractivity contribution >= 4 is 23.1 Å². The predicted octanol–water partition coefficient (Wildman–Crippen LogP) is 2.28. The predicted molar refractivity (Wildman–Crippen MR) is 70.1 cm³/mol. The number of halogens is 1. The third kappa shape index (κ3) is 3.01. The van der Waals surface area contributed by atoms with Crippen LogP contribution in [-0.2, 0) is 0 Å². The monoisotopic (exact) mass is 255 g/mol. The summed E-state index contributed by atoms with van der Waals surface area (Å²) in [5.41, 5.74) is 6.44. The van der Waals surface area contributed by atoms with E-state index in [0.29, 0.717) is 16.7 Å². The van der Waals surface area contributed by atoms with Crippen LogP contribution in [-0.4, -0.2) is 22.7 Å². The Labute approximate surface area is 106 Å². The molecule has 0 aliphatic heterocycles. The SMILES string of the molecule is Nc1ccc(Cl)nc1NC1CCCCC1CO. The molecule has 2 atom stereocenters.